The molecule has 4 rings (SSSR count). The first-order valence-corrected chi connectivity index (χ1v) is 11.5. The largest absolute Gasteiger partial charge is 0.494 e. The summed E-state index contributed by atoms with van der Waals surface area (Å²) in [5.74, 6) is 0.579. The Balaban J connectivity index is 1.96. The Bertz CT molecular complexity index is 1280. The Morgan fingerprint density at radius 2 is 1.57 bits per heavy atom. The van der Waals surface area contributed by atoms with E-state index >= 15 is 0 Å². The molecule has 0 fully saturated rings. The van der Waals surface area contributed by atoms with Crippen molar-refractivity contribution in [2.24, 2.45) is 0 Å². The van der Waals surface area contributed by atoms with Crippen LogP contribution in [0, 0.1) is 0 Å². The number of benzene rings is 3. The Kier molecular flexibility index (Phi) is 5.22. The van der Waals surface area contributed by atoms with E-state index < -0.39 is 10.0 Å². The number of aromatic nitrogens is 1. The monoisotopic (exact) mass is 421 g/mol. The lowest BCUT2D eigenvalue weighted by atomic mass is 10.1. The molecule has 154 valence electrons. The lowest BCUT2D eigenvalue weighted by molar-refractivity contribution is 0.415. The first-order valence-electron chi connectivity index (χ1n) is 9.62. The summed E-state index contributed by atoms with van der Waals surface area (Å²) in [5, 5.41) is 2.08. The molecular formula is C23H23N3O3S. The van der Waals surface area contributed by atoms with Crippen molar-refractivity contribution in [3.05, 3.63) is 66.7 Å². The van der Waals surface area contributed by atoms with E-state index in [-0.39, 0.29) is 0 Å². The van der Waals surface area contributed by atoms with Gasteiger partial charge in [-0.2, -0.15) is 0 Å². The summed E-state index contributed by atoms with van der Waals surface area (Å²) in [6.45, 7) is 2.76. The highest BCUT2D eigenvalue weighted by Crippen LogP contribution is 2.41. The number of fused-ring (bicyclic) bond motifs is 2. The van der Waals surface area contributed by atoms with Gasteiger partial charge in [-0.15, -0.1) is 0 Å². The molecule has 0 atom stereocenters. The average Bonchev–Trinajstić information content (AvgIpc) is 2.73. The molecule has 1 N–H and O–H groups in total. The quantitative estimate of drug-likeness (QED) is 0.447. The van der Waals surface area contributed by atoms with E-state index in [4.69, 9.17) is 9.72 Å². The predicted octanol–water partition coefficient (Wildman–Crippen LogP) is 4.93. The number of para-hydroxylation sites is 2. The second kappa shape index (κ2) is 7.84. The zero-order valence-electron chi connectivity index (χ0n) is 17.1. The van der Waals surface area contributed by atoms with Gasteiger partial charge in [0.15, 0.2) is 0 Å². The van der Waals surface area contributed by atoms with E-state index in [1.807, 2.05) is 42.5 Å². The molecule has 6 nitrogen and oxygen atoms in total. The fourth-order valence-corrected chi connectivity index (χ4v) is 4.29. The molecule has 4 aromatic rings. The Morgan fingerprint density at radius 3 is 2.10 bits per heavy atom. The van der Waals surface area contributed by atoms with E-state index in [0.717, 1.165) is 39.4 Å². The predicted molar refractivity (Wildman–Crippen MR) is 123 cm³/mol. The van der Waals surface area contributed by atoms with Crippen molar-refractivity contribution in [1.29, 1.82) is 0 Å². The summed E-state index contributed by atoms with van der Waals surface area (Å²) >= 11 is 0. The SMILES string of the molecule is CCN(c1ccc(NS(C)(=O)=O)cc1OC)c1c2ccccc2nc2ccccc12. The van der Waals surface area contributed by atoms with Gasteiger partial charge < -0.3 is 9.64 Å². The molecule has 0 aliphatic carbocycles. The molecule has 0 saturated heterocycles. The van der Waals surface area contributed by atoms with Crippen molar-refractivity contribution >= 4 is 48.9 Å². The number of pyridine rings is 1. The van der Waals surface area contributed by atoms with Crippen molar-refractivity contribution in [2.75, 3.05) is 29.5 Å². The van der Waals surface area contributed by atoms with Crippen molar-refractivity contribution in [3.63, 3.8) is 0 Å². The first-order chi connectivity index (χ1) is 14.4. The van der Waals surface area contributed by atoms with Gasteiger partial charge in [-0.25, -0.2) is 13.4 Å². The maximum atomic E-state index is 11.6. The number of anilines is 3. The highest BCUT2D eigenvalue weighted by Gasteiger charge is 2.19. The number of methoxy groups -OCH3 is 1. The fraction of sp³-hybridized carbons (Fsp3) is 0.174. The molecule has 0 spiro atoms. The molecule has 0 unspecified atom stereocenters. The van der Waals surface area contributed by atoms with E-state index in [1.54, 1.807) is 19.2 Å². The van der Waals surface area contributed by atoms with Crippen molar-refractivity contribution < 1.29 is 13.2 Å². The Hall–Kier alpha value is -3.32. The minimum absolute atomic E-state index is 0.457. The fourth-order valence-electron chi connectivity index (χ4n) is 3.74. The summed E-state index contributed by atoms with van der Waals surface area (Å²) in [5.41, 5.74) is 4.18. The zero-order valence-corrected chi connectivity index (χ0v) is 17.9. The van der Waals surface area contributed by atoms with Gasteiger partial charge in [0, 0.05) is 23.4 Å². The molecule has 0 radical (unpaired) electrons. The number of hydrogen-bond donors (Lipinski definition) is 1. The van der Waals surface area contributed by atoms with E-state index in [1.165, 1.54) is 0 Å². The van der Waals surface area contributed by atoms with Crippen LogP contribution in [0.1, 0.15) is 6.92 Å². The van der Waals surface area contributed by atoms with Crippen LogP contribution < -0.4 is 14.4 Å². The second-order valence-electron chi connectivity index (χ2n) is 7.00. The third kappa shape index (κ3) is 3.76. The number of hydrogen-bond acceptors (Lipinski definition) is 5. The molecule has 0 aliphatic rings. The number of rotatable bonds is 6. The summed E-state index contributed by atoms with van der Waals surface area (Å²) in [6.07, 6.45) is 1.13. The summed E-state index contributed by atoms with van der Waals surface area (Å²) < 4.78 is 31.4. The molecule has 1 aromatic heterocycles. The van der Waals surface area contributed by atoms with Crippen LogP contribution in [0.5, 0.6) is 5.75 Å². The summed E-state index contributed by atoms with van der Waals surface area (Å²) in [6, 6.07) is 21.5. The average molecular weight is 422 g/mol. The van der Waals surface area contributed by atoms with Crippen LogP contribution in [-0.4, -0.2) is 33.3 Å². The van der Waals surface area contributed by atoms with Crippen LogP contribution in [0.25, 0.3) is 21.8 Å². The third-order valence-corrected chi connectivity index (χ3v) is 5.53. The molecule has 3 aromatic carbocycles. The van der Waals surface area contributed by atoms with Crippen LogP contribution in [0.4, 0.5) is 17.1 Å². The molecule has 1 heterocycles. The van der Waals surface area contributed by atoms with Crippen LogP contribution in [0.2, 0.25) is 0 Å². The normalized spacial score (nSPS) is 11.6. The molecule has 30 heavy (non-hydrogen) atoms. The van der Waals surface area contributed by atoms with E-state index in [9.17, 15) is 8.42 Å². The number of nitrogens with zero attached hydrogens (tertiary/aromatic N) is 2. The van der Waals surface area contributed by atoms with Crippen LogP contribution in [-0.2, 0) is 10.0 Å². The highest BCUT2D eigenvalue weighted by molar-refractivity contribution is 7.92. The van der Waals surface area contributed by atoms with Crippen molar-refractivity contribution in [3.8, 4) is 5.75 Å². The van der Waals surface area contributed by atoms with Gasteiger partial charge in [-0.05, 0) is 31.2 Å². The topological polar surface area (TPSA) is 71.5 Å². The molecular weight excluding hydrogens is 398 g/mol. The first kappa shape index (κ1) is 20.0. The van der Waals surface area contributed by atoms with E-state index in [2.05, 4.69) is 28.7 Å². The highest BCUT2D eigenvalue weighted by atomic mass is 32.2. The lowest BCUT2D eigenvalue weighted by Gasteiger charge is -2.28. The molecule has 0 bridgehead atoms. The van der Waals surface area contributed by atoms with E-state index in [0.29, 0.717) is 18.0 Å². The zero-order chi connectivity index (χ0) is 21.3. The molecule has 0 saturated carbocycles. The van der Waals surface area contributed by atoms with Crippen LogP contribution in [0.15, 0.2) is 66.7 Å². The second-order valence-corrected chi connectivity index (χ2v) is 8.75. The van der Waals surface area contributed by atoms with Gasteiger partial charge >= 0.3 is 0 Å². The van der Waals surface area contributed by atoms with Crippen LogP contribution in [0.3, 0.4) is 0 Å². The minimum atomic E-state index is -3.38. The number of nitrogens with one attached hydrogen (secondary N) is 1. The van der Waals surface area contributed by atoms with Gasteiger partial charge in [-0.3, -0.25) is 4.72 Å². The van der Waals surface area contributed by atoms with Crippen molar-refractivity contribution in [1.82, 2.24) is 4.98 Å². The maximum absolute atomic E-state index is 11.6. The molecule has 7 heteroatoms. The standard InChI is InChI=1S/C23H23N3O3S/c1-4-26(21-14-13-16(15-22(21)29-2)25-30(3,27)28)23-17-9-5-7-11-19(17)24-20-12-8-6-10-18(20)23/h5-15,25H,4H2,1-3H3. The molecule has 0 aliphatic heterocycles. The number of sulfonamides is 1. The van der Waals surface area contributed by atoms with Gasteiger partial charge in [0.1, 0.15) is 5.75 Å². The number of ether oxygens (including phenoxy) is 1. The van der Waals surface area contributed by atoms with Crippen LogP contribution >= 0.6 is 0 Å². The summed E-state index contributed by atoms with van der Waals surface area (Å²) in [4.78, 5) is 6.99. The van der Waals surface area contributed by atoms with Gasteiger partial charge in [0.2, 0.25) is 10.0 Å². The minimum Gasteiger partial charge on any atom is -0.494 e. The third-order valence-electron chi connectivity index (χ3n) is 4.92. The maximum Gasteiger partial charge on any atom is 0.229 e. The lowest BCUT2D eigenvalue weighted by Crippen LogP contribution is -2.18. The van der Waals surface area contributed by atoms with Gasteiger partial charge in [0.25, 0.3) is 0 Å². The summed E-state index contributed by atoms with van der Waals surface area (Å²) in [7, 11) is -1.80. The smallest absolute Gasteiger partial charge is 0.229 e. The molecule has 0 amide bonds. The van der Waals surface area contributed by atoms with Gasteiger partial charge in [-0.1, -0.05) is 36.4 Å². The Morgan fingerprint density at radius 1 is 0.967 bits per heavy atom. The Labute approximate surface area is 176 Å². The van der Waals surface area contributed by atoms with Crippen molar-refractivity contribution in [2.45, 2.75) is 6.92 Å². The van der Waals surface area contributed by atoms with Gasteiger partial charge in [0.05, 0.1) is 41.5 Å².